The number of amides is 1. The third kappa shape index (κ3) is 4.64. The van der Waals surface area contributed by atoms with Crippen molar-refractivity contribution in [1.82, 2.24) is 5.32 Å². The molecule has 1 heterocycles. The first-order valence-corrected chi connectivity index (χ1v) is 10.7. The molecule has 2 N–H and O–H groups in total. The minimum absolute atomic E-state index is 0.165. The number of nitrogens with one attached hydrogen (secondary N) is 1. The number of carbonyl (C=O) groups excluding carboxylic acids is 1. The molecule has 0 radical (unpaired) electrons. The smallest absolute Gasteiger partial charge is 0.329 e. The van der Waals surface area contributed by atoms with E-state index in [1.165, 1.54) is 23.5 Å². The topological polar surface area (TPSA) is 75.6 Å². The van der Waals surface area contributed by atoms with Crippen molar-refractivity contribution in [2.75, 3.05) is 18.1 Å². The molecule has 1 aromatic carbocycles. The maximum absolute atomic E-state index is 12.1. The summed E-state index contributed by atoms with van der Waals surface area (Å²) in [5.74, 6) is 1.68. The Bertz CT molecular complexity index is 608. The van der Waals surface area contributed by atoms with Crippen LogP contribution >= 0.6 is 23.5 Å². The predicted molar refractivity (Wildman–Crippen MR) is 101 cm³/mol. The van der Waals surface area contributed by atoms with E-state index in [1.54, 1.807) is 0 Å². The van der Waals surface area contributed by atoms with Crippen molar-refractivity contribution >= 4 is 35.4 Å². The molecule has 0 aromatic heterocycles. The lowest BCUT2D eigenvalue weighted by atomic mass is 9.98. The van der Waals surface area contributed by atoms with E-state index in [0.29, 0.717) is 23.2 Å². The Balaban J connectivity index is 1.51. The molecule has 0 unspecified atom stereocenters. The molecule has 1 saturated heterocycles. The van der Waals surface area contributed by atoms with Crippen LogP contribution in [0.5, 0.6) is 5.75 Å². The van der Waals surface area contributed by atoms with Gasteiger partial charge in [0.1, 0.15) is 11.3 Å². The molecule has 7 heteroatoms. The second kappa shape index (κ2) is 8.36. The molecule has 1 aliphatic heterocycles. The molecule has 2 aliphatic rings. The fraction of sp³-hybridized carbons (Fsp3) is 0.556. The second-order valence-corrected chi connectivity index (χ2v) is 9.15. The van der Waals surface area contributed by atoms with Crippen molar-refractivity contribution in [3.05, 3.63) is 29.8 Å². The fourth-order valence-corrected chi connectivity index (χ4v) is 6.12. The van der Waals surface area contributed by atoms with E-state index in [4.69, 9.17) is 4.74 Å². The molecule has 1 saturated carbocycles. The Labute approximate surface area is 156 Å². The van der Waals surface area contributed by atoms with Gasteiger partial charge in [0.15, 0.2) is 6.61 Å². The van der Waals surface area contributed by atoms with Crippen molar-refractivity contribution in [3.8, 4) is 5.75 Å². The van der Waals surface area contributed by atoms with Crippen molar-refractivity contribution in [2.45, 2.75) is 42.2 Å². The van der Waals surface area contributed by atoms with Gasteiger partial charge in [-0.05, 0) is 48.5 Å². The average molecular weight is 382 g/mol. The van der Waals surface area contributed by atoms with Gasteiger partial charge in [-0.25, -0.2) is 4.79 Å². The Morgan fingerprint density at radius 3 is 2.36 bits per heavy atom. The maximum Gasteiger partial charge on any atom is 0.329 e. The number of carboxylic acids is 1. The number of benzene rings is 1. The van der Waals surface area contributed by atoms with E-state index in [2.05, 4.69) is 5.32 Å². The second-order valence-electron chi connectivity index (χ2n) is 6.43. The van der Waals surface area contributed by atoms with Crippen LogP contribution in [-0.2, 0) is 9.59 Å². The zero-order valence-electron chi connectivity index (χ0n) is 14.0. The summed E-state index contributed by atoms with van der Waals surface area (Å²) in [5, 5.41) is 12.0. The van der Waals surface area contributed by atoms with Gasteiger partial charge in [-0.15, -0.1) is 23.5 Å². The molecule has 2 fully saturated rings. The fourth-order valence-electron chi connectivity index (χ4n) is 3.22. The van der Waals surface area contributed by atoms with Gasteiger partial charge >= 0.3 is 5.97 Å². The summed E-state index contributed by atoms with van der Waals surface area (Å²) >= 11 is 3.93. The van der Waals surface area contributed by atoms with E-state index in [-0.39, 0.29) is 12.5 Å². The van der Waals surface area contributed by atoms with Gasteiger partial charge in [0, 0.05) is 0 Å². The number of rotatable bonds is 6. The highest BCUT2D eigenvalue weighted by molar-refractivity contribution is 8.16. The lowest BCUT2D eigenvalue weighted by Crippen LogP contribution is -2.53. The van der Waals surface area contributed by atoms with Crippen LogP contribution in [0.15, 0.2) is 24.3 Å². The summed E-state index contributed by atoms with van der Waals surface area (Å²) in [6.07, 6.45) is 3.89. The van der Waals surface area contributed by atoms with Crippen molar-refractivity contribution < 1.29 is 19.4 Å². The molecule has 3 rings (SSSR count). The molecule has 1 aromatic rings. The Hall–Kier alpha value is -1.34. The number of aliphatic carboxylic acids is 1. The quantitative estimate of drug-likeness (QED) is 0.786. The molecular weight excluding hydrogens is 358 g/mol. The van der Waals surface area contributed by atoms with E-state index >= 15 is 0 Å². The van der Waals surface area contributed by atoms with Gasteiger partial charge in [-0.2, -0.15) is 0 Å². The Morgan fingerprint density at radius 2 is 1.76 bits per heavy atom. The van der Waals surface area contributed by atoms with E-state index in [0.717, 1.165) is 12.8 Å². The minimum atomic E-state index is -1.11. The van der Waals surface area contributed by atoms with E-state index < -0.39 is 11.5 Å². The van der Waals surface area contributed by atoms with Gasteiger partial charge < -0.3 is 15.2 Å². The Kier molecular flexibility index (Phi) is 6.17. The number of hydrogen-bond donors (Lipinski definition) is 2. The molecule has 136 valence electrons. The predicted octanol–water partition coefficient (Wildman–Crippen LogP) is 3.45. The summed E-state index contributed by atoms with van der Waals surface area (Å²) in [5.41, 5.74) is 0.155. The number of carboxylic acid groups (broad SMARTS) is 1. The van der Waals surface area contributed by atoms with Crippen LogP contribution in [0.25, 0.3) is 0 Å². The first-order chi connectivity index (χ1) is 12.1. The number of carbonyl (C=O) groups is 2. The third-order valence-electron chi connectivity index (χ3n) is 4.59. The molecule has 5 nitrogen and oxygen atoms in total. The molecule has 25 heavy (non-hydrogen) atoms. The number of hydrogen-bond acceptors (Lipinski definition) is 5. The summed E-state index contributed by atoms with van der Waals surface area (Å²) in [4.78, 5) is 23.6. The van der Waals surface area contributed by atoms with Crippen LogP contribution in [0, 0.1) is 0 Å². The van der Waals surface area contributed by atoms with Crippen molar-refractivity contribution in [1.29, 1.82) is 0 Å². The highest BCUT2D eigenvalue weighted by atomic mass is 32.2. The van der Waals surface area contributed by atoms with Gasteiger partial charge in [0.05, 0.1) is 4.58 Å². The highest BCUT2D eigenvalue weighted by Crippen LogP contribution is 2.43. The standard InChI is InChI=1S/C18H23NO4S2/c20-15(19-18(17(21)22)8-1-2-9-18)12-23-14-6-4-13(5-7-14)16-24-10-3-11-25-16/h4-7,16H,1-3,8-12H2,(H,19,20)(H,21,22). The molecule has 0 bridgehead atoms. The number of ether oxygens (including phenoxy) is 1. The monoisotopic (exact) mass is 381 g/mol. The van der Waals surface area contributed by atoms with Gasteiger partial charge in [0.25, 0.3) is 5.91 Å². The van der Waals surface area contributed by atoms with E-state index in [9.17, 15) is 14.7 Å². The van der Waals surface area contributed by atoms with Crippen LogP contribution in [-0.4, -0.2) is 40.6 Å². The molecular formula is C18H23NO4S2. The highest BCUT2D eigenvalue weighted by Gasteiger charge is 2.42. The van der Waals surface area contributed by atoms with Crippen LogP contribution in [0.4, 0.5) is 0 Å². The van der Waals surface area contributed by atoms with Gasteiger partial charge in [0.2, 0.25) is 0 Å². The number of thioether (sulfide) groups is 2. The lowest BCUT2D eigenvalue weighted by Gasteiger charge is -2.25. The van der Waals surface area contributed by atoms with Crippen molar-refractivity contribution in [3.63, 3.8) is 0 Å². The van der Waals surface area contributed by atoms with Crippen molar-refractivity contribution in [2.24, 2.45) is 0 Å². The zero-order chi connectivity index (χ0) is 17.7. The third-order valence-corrected chi connectivity index (χ3v) is 7.61. The SMILES string of the molecule is O=C(COc1ccc(C2SCCCS2)cc1)NC1(C(=O)O)CCCC1. The molecule has 0 atom stereocenters. The van der Waals surface area contributed by atoms with Crippen LogP contribution in [0.2, 0.25) is 0 Å². The maximum atomic E-state index is 12.1. The van der Waals surface area contributed by atoms with Crippen LogP contribution in [0.3, 0.4) is 0 Å². The zero-order valence-corrected chi connectivity index (χ0v) is 15.7. The first kappa shape index (κ1) is 18.5. The van der Waals surface area contributed by atoms with Crippen LogP contribution < -0.4 is 10.1 Å². The Morgan fingerprint density at radius 1 is 1.12 bits per heavy atom. The average Bonchev–Trinajstić information content (AvgIpc) is 3.11. The summed E-state index contributed by atoms with van der Waals surface area (Å²) in [6, 6.07) is 7.83. The normalized spacial score (nSPS) is 20.2. The van der Waals surface area contributed by atoms with E-state index in [1.807, 2.05) is 47.8 Å². The lowest BCUT2D eigenvalue weighted by molar-refractivity contribution is -0.147. The van der Waals surface area contributed by atoms with Crippen LogP contribution in [0.1, 0.15) is 42.2 Å². The largest absolute Gasteiger partial charge is 0.484 e. The van der Waals surface area contributed by atoms with Gasteiger partial charge in [-0.3, -0.25) is 4.79 Å². The summed E-state index contributed by atoms with van der Waals surface area (Å²) < 4.78 is 6.00. The molecule has 1 amide bonds. The van der Waals surface area contributed by atoms with Gasteiger partial charge in [-0.1, -0.05) is 25.0 Å². The minimum Gasteiger partial charge on any atom is -0.484 e. The first-order valence-electron chi connectivity index (χ1n) is 8.59. The summed E-state index contributed by atoms with van der Waals surface area (Å²) in [7, 11) is 0. The summed E-state index contributed by atoms with van der Waals surface area (Å²) in [6.45, 7) is -0.165. The molecule has 0 spiro atoms. The molecule has 1 aliphatic carbocycles.